The molecule has 0 N–H and O–H groups in total. The zero-order valence-corrected chi connectivity index (χ0v) is 33.0. The van der Waals surface area contributed by atoms with Crippen molar-refractivity contribution >= 4 is 65.2 Å². The standard InChI is InChI=1S/C57H34N4/c1-3-13-50-46(11-1)48-21-17-40(32-52(48)56-54(50)58-23-25-60-56)36-9-5-7-34(27-36)38-15-19-44-42(29-38)31-43-30-39(16-20-45(43)44)35-8-6-10-37(28-35)41-18-22-49-47-12-2-4-14-51(47)55-57(53(49)33-41)61-26-24-59-55/h1-30,32-33H,31H2. The lowest BCUT2D eigenvalue weighted by molar-refractivity contribution is 1.26. The molecule has 0 fully saturated rings. The molecule has 13 rings (SSSR count). The van der Waals surface area contributed by atoms with E-state index in [0.717, 1.165) is 50.0 Å². The predicted octanol–water partition coefficient (Wildman–Crippen LogP) is 14.4. The first-order valence-electron chi connectivity index (χ1n) is 20.8. The number of hydrogen-bond acceptors (Lipinski definition) is 4. The average molecular weight is 775 g/mol. The second-order valence-electron chi connectivity index (χ2n) is 16.2. The maximum Gasteiger partial charge on any atom is 0.0971 e. The summed E-state index contributed by atoms with van der Waals surface area (Å²) in [6.45, 7) is 0. The Morgan fingerprint density at radius 2 is 0.574 bits per heavy atom. The number of fused-ring (bicyclic) bond motifs is 15. The molecule has 2 heterocycles. The van der Waals surface area contributed by atoms with Crippen LogP contribution >= 0.6 is 0 Å². The van der Waals surface area contributed by atoms with Crippen LogP contribution in [0.2, 0.25) is 0 Å². The molecule has 0 atom stereocenters. The maximum absolute atomic E-state index is 4.81. The van der Waals surface area contributed by atoms with E-state index >= 15 is 0 Å². The second-order valence-corrected chi connectivity index (χ2v) is 16.2. The fourth-order valence-electron chi connectivity index (χ4n) is 9.95. The number of hydrogen-bond donors (Lipinski definition) is 0. The zero-order valence-electron chi connectivity index (χ0n) is 33.0. The Bertz CT molecular complexity index is 3490. The van der Waals surface area contributed by atoms with Crippen LogP contribution in [0.5, 0.6) is 0 Å². The molecule has 1 aliphatic rings. The minimum atomic E-state index is 0.908. The van der Waals surface area contributed by atoms with Gasteiger partial charge in [0.2, 0.25) is 0 Å². The van der Waals surface area contributed by atoms with Crippen molar-refractivity contribution in [3.63, 3.8) is 0 Å². The number of aromatic nitrogens is 4. The van der Waals surface area contributed by atoms with Gasteiger partial charge in [-0.05, 0) is 119 Å². The van der Waals surface area contributed by atoms with Gasteiger partial charge >= 0.3 is 0 Å². The van der Waals surface area contributed by atoms with E-state index in [-0.39, 0.29) is 0 Å². The van der Waals surface area contributed by atoms with Gasteiger partial charge in [0.15, 0.2) is 0 Å². The second kappa shape index (κ2) is 13.2. The molecule has 2 aromatic heterocycles. The van der Waals surface area contributed by atoms with Crippen LogP contribution in [0, 0.1) is 0 Å². The molecule has 10 aromatic carbocycles. The van der Waals surface area contributed by atoms with Crippen LogP contribution in [0.15, 0.2) is 195 Å². The molecule has 0 radical (unpaired) electrons. The highest BCUT2D eigenvalue weighted by atomic mass is 14.8. The van der Waals surface area contributed by atoms with Crippen LogP contribution in [0.1, 0.15) is 11.1 Å². The van der Waals surface area contributed by atoms with Crippen LogP contribution in [0.4, 0.5) is 0 Å². The van der Waals surface area contributed by atoms with Crippen LogP contribution in [0.3, 0.4) is 0 Å². The average Bonchev–Trinajstić information content (AvgIpc) is 3.71. The molecule has 0 unspecified atom stereocenters. The summed E-state index contributed by atoms with van der Waals surface area (Å²) in [5.74, 6) is 0. The SMILES string of the molecule is c1cc(-c2ccc3c(c2)Cc2cc(-c4cccc(-c5ccc6c7ccccc7c7nccnc7c6c5)c4)ccc2-3)cc(-c2ccc3c4ccccc4c4nccnc4c3c2)c1. The molecule has 0 spiro atoms. The minimum Gasteiger partial charge on any atom is -0.252 e. The largest absolute Gasteiger partial charge is 0.252 e. The van der Waals surface area contributed by atoms with Crippen LogP contribution in [0.25, 0.3) is 121 Å². The van der Waals surface area contributed by atoms with Gasteiger partial charge in [-0.15, -0.1) is 0 Å². The molecule has 0 amide bonds. The van der Waals surface area contributed by atoms with Crippen molar-refractivity contribution in [2.24, 2.45) is 0 Å². The summed E-state index contributed by atoms with van der Waals surface area (Å²) < 4.78 is 0. The Kier molecular flexibility index (Phi) is 7.33. The highest BCUT2D eigenvalue weighted by molar-refractivity contribution is 6.24. The highest BCUT2D eigenvalue weighted by Crippen LogP contribution is 2.42. The molecule has 0 aliphatic heterocycles. The van der Waals surface area contributed by atoms with Crippen molar-refractivity contribution in [1.82, 2.24) is 19.9 Å². The Morgan fingerprint density at radius 3 is 1.00 bits per heavy atom. The first-order chi connectivity index (χ1) is 30.2. The fraction of sp³-hybridized carbons (Fsp3) is 0.0175. The van der Waals surface area contributed by atoms with Gasteiger partial charge in [-0.3, -0.25) is 19.9 Å². The lowest BCUT2D eigenvalue weighted by Gasteiger charge is -2.12. The molecule has 4 nitrogen and oxygen atoms in total. The summed E-state index contributed by atoms with van der Waals surface area (Å²) in [6, 6.07) is 62.3. The third-order valence-electron chi connectivity index (χ3n) is 12.8. The first-order valence-corrected chi connectivity index (χ1v) is 20.8. The number of nitrogens with zero attached hydrogens (tertiary/aromatic N) is 4. The van der Waals surface area contributed by atoms with E-state index in [1.165, 1.54) is 88.3 Å². The van der Waals surface area contributed by atoms with Gasteiger partial charge in [-0.25, -0.2) is 0 Å². The molecule has 12 aromatic rings. The monoisotopic (exact) mass is 774 g/mol. The lowest BCUT2D eigenvalue weighted by atomic mass is 9.93. The summed E-state index contributed by atoms with van der Waals surface area (Å²) in [4.78, 5) is 19.1. The molecule has 1 aliphatic carbocycles. The summed E-state index contributed by atoms with van der Waals surface area (Å²) >= 11 is 0. The third-order valence-corrected chi connectivity index (χ3v) is 12.8. The van der Waals surface area contributed by atoms with Crippen molar-refractivity contribution in [2.75, 3.05) is 0 Å². The maximum atomic E-state index is 4.81. The lowest BCUT2D eigenvalue weighted by Crippen LogP contribution is -1.89. The molecule has 0 bridgehead atoms. The summed E-state index contributed by atoms with van der Waals surface area (Å²) in [6.07, 6.45) is 8.06. The summed E-state index contributed by atoms with van der Waals surface area (Å²) in [5, 5.41) is 9.30. The first kappa shape index (κ1) is 33.8. The molecule has 61 heavy (non-hydrogen) atoms. The smallest absolute Gasteiger partial charge is 0.0971 e. The fourth-order valence-corrected chi connectivity index (χ4v) is 9.95. The van der Waals surface area contributed by atoms with Gasteiger partial charge in [0.05, 0.1) is 22.1 Å². The number of benzene rings is 10. The Labute approximate surface area is 351 Å². The van der Waals surface area contributed by atoms with Crippen molar-refractivity contribution < 1.29 is 0 Å². The quantitative estimate of drug-likeness (QED) is 0.167. The molecular weight excluding hydrogens is 741 g/mol. The van der Waals surface area contributed by atoms with Crippen LogP contribution in [-0.2, 0) is 6.42 Å². The molecule has 282 valence electrons. The van der Waals surface area contributed by atoms with Crippen LogP contribution in [-0.4, -0.2) is 19.9 Å². The minimum absolute atomic E-state index is 0.908. The van der Waals surface area contributed by atoms with Crippen molar-refractivity contribution in [2.45, 2.75) is 6.42 Å². The summed E-state index contributed by atoms with van der Waals surface area (Å²) in [5.41, 5.74) is 18.7. The van der Waals surface area contributed by atoms with E-state index in [9.17, 15) is 0 Å². The van der Waals surface area contributed by atoms with Gasteiger partial charge in [0.25, 0.3) is 0 Å². The molecule has 0 saturated heterocycles. The van der Waals surface area contributed by atoms with E-state index in [4.69, 9.17) is 19.9 Å². The van der Waals surface area contributed by atoms with Crippen molar-refractivity contribution in [3.8, 4) is 55.6 Å². The molecule has 0 saturated carbocycles. The third kappa shape index (κ3) is 5.32. The molecule has 4 heteroatoms. The van der Waals surface area contributed by atoms with Gasteiger partial charge < -0.3 is 0 Å². The Balaban J connectivity index is 0.815. The normalized spacial score (nSPS) is 12.2. The summed E-state index contributed by atoms with van der Waals surface area (Å²) in [7, 11) is 0. The van der Waals surface area contributed by atoms with E-state index in [2.05, 4.69) is 170 Å². The number of rotatable bonds is 4. The topological polar surface area (TPSA) is 51.6 Å². The van der Waals surface area contributed by atoms with Gasteiger partial charge in [0, 0.05) is 46.3 Å². The van der Waals surface area contributed by atoms with E-state index in [1.807, 2.05) is 0 Å². The van der Waals surface area contributed by atoms with Gasteiger partial charge in [-0.1, -0.05) is 146 Å². The van der Waals surface area contributed by atoms with Crippen molar-refractivity contribution in [1.29, 1.82) is 0 Å². The van der Waals surface area contributed by atoms with E-state index in [1.54, 1.807) is 24.8 Å². The van der Waals surface area contributed by atoms with E-state index in [0.29, 0.717) is 0 Å². The predicted molar refractivity (Wildman–Crippen MR) is 253 cm³/mol. The Morgan fingerprint density at radius 1 is 0.246 bits per heavy atom. The highest BCUT2D eigenvalue weighted by Gasteiger charge is 2.21. The Hall–Kier alpha value is -8.08. The van der Waals surface area contributed by atoms with Gasteiger partial charge in [0.1, 0.15) is 0 Å². The van der Waals surface area contributed by atoms with Gasteiger partial charge in [-0.2, -0.15) is 0 Å². The molecular formula is C57H34N4. The van der Waals surface area contributed by atoms with Crippen LogP contribution < -0.4 is 0 Å². The zero-order chi connectivity index (χ0) is 40.0. The van der Waals surface area contributed by atoms with E-state index < -0.39 is 0 Å². The van der Waals surface area contributed by atoms with Crippen molar-refractivity contribution in [3.05, 3.63) is 206 Å².